The Morgan fingerprint density at radius 1 is 0.615 bits per heavy atom. The molecule has 0 aromatic carbocycles. The highest BCUT2D eigenvalue weighted by atomic mass is 16.5. The van der Waals surface area contributed by atoms with E-state index in [0.717, 1.165) is 6.61 Å². The maximum atomic E-state index is 5.79. The predicted molar refractivity (Wildman–Crippen MR) is 54.9 cm³/mol. The first-order valence-electron chi connectivity index (χ1n) is 6.05. The molecule has 76 valence electrons. The van der Waals surface area contributed by atoms with Crippen LogP contribution in [0.15, 0.2) is 0 Å². The zero-order valence-corrected chi connectivity index (χ0v) is 8.69. The van der Waals surface area contributed by atoms with Crippen LogP contribution in [0.3, 0.4) is 0 Å². The fourth-order valence-electron chi connectivity index (χ4n) is 2.69. The van der Waals surface area contributed by atoms with Crippen molar-refractivity contribution in [2.24, 2.45) is 0 Å². The van der Waals surface area contributed by atoms with Crippen LogP contribution in [0.2, 0.25) is 0 Å². The molecule has 0 amide bonds. The van der Waals surface area contributed by atoms with E-state index in [2.05, 4.69) is 0 Å². The molecule has 0 bridgehead atoms. The number of hydrogen-bond donors (Lipinski definition) is 0. The Kier molecular flexibility index (Phi) is 3.26. The maximum absolute atomic E-state index is 5.79. The molecule has 2 fully saturated rings. The van der Waals surface area contributed by atoms with Crippen molar-refractivity contribution in [1.82, 2.24) is 0 Å². The Morgan fingerprint density at radius 3 is 1.46 bits per heavy atom. The second-order valence-corrected chi connectivity index (χ2v) is 4.76. The van der Waals surface area contributed by atoms with Gasteiger partial charge in [-0.05, 0) is 19.3 Å². The van der Waals surface area contributed by atoms with Crippen molar-refractivity contribution in [2.75, 3.05) is 6.61 Å². The van der Waals surface area contributed by atoms with Crippen LogP contribution in [0.25, 0.3) is 0 Å². The summed E-state index contributed by atoms with van der Waals surface area (Å²) >= 11 is 0. The highest BCUT2D eigenvalue weighted by molar-refractivity contribution is 4.87. The Balaban J connectivity index is 1.80. The van der Waals surface area contributed by atoms with Crippen molar-refractivity contribution in [3.8, 4) is 0 Å². The monoisotopic (exact) mass is 182 g/mol. The van der Waals surface area contributed by atoms with Gasteiger partial charge in [0.15, 0.2) is 0 Å². The molecule has 1 nitrogen and oxygen atoms in total. The first kappa shape index (κ1) is 9.51. The molecule has 0 radical (unpaired) electrons. The van der Waals surface area contributed by atoms with Crippen molar-refractivity contribution >= 4 is 0 Å². The third-order valence-electron chi connectivity index (χ3n) is 3.73. The van der Waals surface area contributed by atoms with E-state index < -0.39 is 0 Å². The molecule has 1 heterocycles. The molecule has 1 heteroatoms. The average Bonchev–Trinajstić information content (AvgIpc) is 2.11. The van der Waals surface area contributed by atoms with Gasteiger partial charge >= 0.3 is 0 Å². The molecule has 1 aliphatic carbocycles. The normalized spacial score (nSPS) is 29.5. The standard InChI is InChI=1S/C12H22O/c1-2-4-6-8-12(10-11-13-12)9-7-5-3-1/h1-11H2. The quantitative estimate of drug-likeness (QED) is 0.555. The Bertz CT molecular complexity index is 137. The van der Waals surface area contributed by atoms with Crippen molar-refractivity contribution in [3.63, 3.8) is 0 Å². The lowest BCUT2D eigenvalue weighted by Crippen LogP contribution is -2.43. The first-order chi connectivity index (χ1) is 6.41. The van der Waals surface area contributed by atoms with Gasteiger partial charge in [-0.2, -0.15) is 0 Å². The minimum atomic E-state index is 0.358. The summed E-state index contributed by atoms with van der Waals surface area (Å²) in [6.45, 7) is 1.03. The summed E-state index contributed by atoms with van der Waals surface area (Å²) in [6.07, 6.45) is 14.1. The Morgan fingerprint density at radius 2 is 1.08 bits per heavy atom. The third kappa shape index (κ3) is 2.46. The summed E-state index contributed by atoms with van der Waals surface area (Å²) in [7, 11) is 0. The predicted octanol–water partition coefficient (Wildman–Crippen LogP) is 3.67. The fourth-order valence-corrected chi connectivity index (χ4v) is 2.69. The van der Waals surface area contributed by atoms with Gasteiger partial charge in [0.05, 0.1) is 12.2 Å². The molecular formula is C12H22O. The lowest BCUT2D eigenvalue weighted by molar-refractivity contribution is -0.157. The van der Waals surface area contributed by atoms with Crippen molar-refractivity contribution in [1.29, 1.82) is 0 Å². The van der Waals surface area contributed by atoms with Gasteiger partial charge in [-0.25, -0.2) is 0 Å². The number of hydrogen-bond acceptors (Lipinski definition) is 1. The van der Waals surface area contributed by atoms with Gasteiger partial charge in [0.2, 0.25) is 0 Å². The van der Waals surface area contributed by atoms with Crippen LogP contribution in [0.5, 0.6) is 0 Å². The molecule has 2 rings (SSSR count). The molecule has 2 aliphatic rings. The van der Waals surface area contributed by atoms with Crippen LogP contribution in [0.1, 0.15) is 64.2 Å². The van der Waals surface area contributed by atoms with E-state index in [9.17, 15) is 0 Å². The largest absolute Gasteiger partial charge is 0.375 e. The Hall–Kier alpha value is -0.0400. The third-order valence-corrected chi connectivity index (χ3v) is 3.73. The lowest BCUT2D eigenvalue weighted by atomic mass is 9.82. The summed E-state index contributed by atoms with van der Waals surface area (Å²) < 4.78 is 5.79. The summed E-state index contributed by atoms with van der Waals surface area (Å²) in [5.74, 6) is 0. The molecule has 13 heavy (non-hydrogen) atoms. The minimum Gasteiger partial charge on any atom is -0.375 e. The van der Waals surface area contributed by atoms with E-state index >= 15 is 0 Å². The van der Waals surface area contributed by atoms with Crippen molar-refractivity contribution in [2.45, 2.75) is 69.8 Å². The second kappa shape index (κ2) is 4.45. The maximum Gasteiger partial charge on any atom is 0.0704 e. The molecule has 0 aromatic rings. The highest BCUT2D eigenvalue weighted by Gasteiger charge is 2.36. The molecular weight excluding hydrogens is 160 g/mol. The number of rotatable bonds is 0. The van der Waals surface area contributed by atoms with E-state index in [-0.39, 0.29) is 0 Å². The van der Waals surface area contributed by atoms with Crippen LogP contribution >= 0.6 is 0 Å². The molecule has 1 saturated heterocycles. The van der Waals surface area contributed by atoms with Gasteiger partial charge < -0.3 is 4.74 Å². The van der Waals surface area contributed by atoms with Gasteiger partial charge in [-0.15, -0.1) is 0 Å². The van der Waals surface area contributed by atoms with Gasteiger partial charge in [-0.3, -0.25) is 0 Å². The van der Waals surface area contributed by atoms with Gasteiger partial charge in [0.1, 0.15) is 0 Å². The SMILES string of the molecule is C1CCCCC2(CCCC1)CCO2. The van der Waals surface area contributed by atoms with Gasteiger partial charge in [-0.1, -0.05) is 44.9 Å². The summed E-state index contributed by atoms with van der Waals surface area (Å²) in [6, 6.07) is 0. The fraction of sp³-hybridized carbons (Fsp3) is 1.00. The molecule has 0 N–H and O–H groups in total. The molecule has 0 unspecified atom stereocenters. The van der Waals surface area contributed by atoms with Crippen LogP contribution < -0.4 is 0 Å². The van der Waals surface area contributed by atoms with E-state index in [1.165, 1.54) is 64.2 Å². The number of ether oxygens (including phenoxy) is 1. The van der Waals surface area contributed by atoms with E-state index in [0.29, 0.717) is 5.60 Å². The topological polar surface area (TPSA) is 9.23 Å². The van der Waals surface area contributed by atoms with E-state index in [4.69, 9.17) is 4.74 Å². The van der Waals surface area contributed by atoms with Crippen LogP contribution in [0.4, 0.5) is 0 Å². The Labute approximate surface area is 81.9 Å². The average molecular weight is 182 g/mol. The highest BCUT2D eigenvalue weighted by Crippen LogP contribution is 2.37. The zero-order chi connectivity index (χ0) is 8.99. The van der Waals surface area contributed by atoms with Gasteiger partial charge in [0, 0.05) is 0 Å². The molecule has 0 atom stereocenters. The first-order valence-corrected chi connectivity index (χ1v) is 6.05. The second-order valence-electron chi connectivity index (χ2n) is 4.76. The molecule has 1 spiro atoms. The van der Waals surface area contributed by atoms with E-state index in [1.54, 1.807) is 0 Å². The van der Waals surface area contributed by atoms with Crippen LogP contribution in [-0.2, 0) is 4.74 Å². The summed E-state index contributed by atoms with van der Waals surface area (Å²) in [5.41, 5.74) is 0.358. The van der Waals surface area contributed by atoms with Crippen molar-refractivity contribution < 1.29 is 4.74 Å². The smallest absolute Gasteiger partial charge is 0.0704 e. The lowest BCUT2D eigenvalue weighted by Gasteiger charge is -2.42. The zero-order valence-electron chi connectivity index (χ0n) is 8.69. The van der Waals surface area contributed by atoms with Gasteiger partial charge in [0.25, 0.3) is 0 Å². The molecule has 1 aliphatic heterocycles. The molecule has 0 aromatic heterocycles. The minimum absolute atomic E-state index is 0.358. The summed E-state index contributed by atoms with van der Waals surface area (Å²) in [4.78, 5) is 0. The van der Waals surface area contributed by atoms with Crippen LogP contribution in [0, 0.1) is 0 Å². The molecule has 1 saturated carbocycles. The summed E-state index contributed by atoms with van der Waals surface area (Å²) in [5, 5.41) is 0. The van der Waals surface area contributed by atoms with E-state index in [1.807, 2.05) is 0 Å². The van der Waals surface area contributed by atoms with Crippen molar-refractivity contribution in [3.05, 3.63) is 0 Å². The van der Waals surface area contributed by atoms with Crippen LogP contribution in [-0.4, -0.2) is 12.2 Å².